The van der Waals surface area contributed by atoms with Crippen molar-refractivity contribution in [3.05, 3.63) is 24.3 Å². The number of rotatable bonds is 21. The van der Waals surface area contributed by atoms with Crippen molar-refractivity contribution >= 4 is 35.8 Å². The maximum atomic E-state index is 13.2. The van der Waals surface area contributed by atoms with Crippen molar-refractivity contribution in [3.63, 3.8) is 0 Å². The molecule has 0 spiro atoms. The van der Waals surface area contributed by atoms with Gasteiger partial charge < -0.3 is 35.0 Å². The standard InChI is InChI=1S/C28H40O13/c1-2-3-4-5-6-7-8-9-10-11-12-13-14-18-15-20(25(35)36)28(41-18,17-22(31)32)27(39)40-23(26(37)38)19(24(33)34)16-21(29)30/h9-10,13-14,18-20,23H,2-8,11-12,15-17H2,1H3,(H,29,30)(H,31,32)(H,33,34)(H,35,36)(H,37,38). The molecule has 5 atom stereocenters. The van der Waals surface area contributed by atoms with Crippen molar-refractivity contribution in [1.82, 2.24) is 0 Å². The predicted octanol–water partition coefficient (Wildman–Crippen LogP) is 3.50. The number of esters is 1. The van der Waals surface area contributed by atoms with Gasteiger partial charge in [-0.2, -0.15) is 0 Å². The van der Waals surface area contributed by atoms with Crippen LogP contribution in [0.4, 0.5) is 0 Å². The number of hydrogen-bond donors (Lipinski definition) is 5. The summed E-state index contributed by atoms with van der Waals surface area (Å²) < 4.78 is 10.4. The van der Waals surface area contributed by atoms with Gasteiger partial charge >= 0.3 is 35.8 Å². The van der Waals surface area contributed by atoms with Crippen LogP contribution >= 0.6 is 0 Å². The average molecular weight is 585 g/mol. The molecule has 230 valence electrons. The fourth-order valence-electron chi connectivity index (χ4n) is 4.64. The molecule has 0 aromatic heterocycles. The fraction of sp³-hybridized carbons (Fsp3) is 0.643. The number of carbonyl (C=O) groups excluding carboxylic acids is 1. The Labute approximate surface area is 237 Å². The topological polar surface area (TPSA) is 222 Å². The smallest absolute Gasteiger partial charge is 0.345 e. The number of hydrogen-bond acceptors (Lipinski definition) is 8. The molecule has 0 aliphatic carbocycles. The van der Waals surface area contributed by atoms with E-state index < -0.39 is 78.3 Å². The minimum atomic E-state index is -2.68. The van der Waals surface area contributed by atoms with Crippen molar-refractivity contribution in [3.8, 4) is 0 Å². The average Bonchev–Trinajstić information content (AvgIpc) is 3.25. The molecule has 0 aromatic rings. The van der Waals surface area contributed by atoms with E-state index in [-0.39, 0.29) is 6.42 Å². The molecule has 1 heterocycles. The molecule has 1 aliphatic heterocycles. The third kappa shape index (κ3) is 11.7. The van der Waals surface area contributed by atoms with Gasteiger partial charge in [0, 0.05) is 0 Å². The maximum Gasteiger partial charge on any atom is 0.345 e. The summed E-state index contributed by atoms with van der Waals surface area (Å²) in [6, 6.07) is 0. The normalized spacial score (nSPS) is 22.0. The van der Waals surface area contributed by atoms with Crippen molar-refractivity contribution < 1.29 is 63.8 Å². The molecule has 0 aromatic carbocycles. The highest BCUT2D eigenvalue weighted by Crippen LogP contribution is 2.41. The lowest BCUT2D eigenvalue weighted by Crippen LogP contribution is -2.53. The van der Waals surface area contributed by atoms with E-state index in [1.54, 1.807) is 6.08 Å². The van der Waals surface area contributed by atoms with Crippen LogP contribution in [0.3, 0.4) is 0 Å². The van der Waals surface area contributed by atoms with E-state index in [0.29, 0.717) is 12.8 Å². The summed E-state index contributed by atoms with van der Waals surface area (Å²) in [6.45, 7) is 2.17. The summed E-state index contributed by atoms with van der Waals surface area (Å²) in [6.07, 6.45) is 10.3. The van der Waals surface area contributed by atoms with E-state index in [4.69, 9.17) is 14.6 Å². The van der Waals surface area contributed by atoms with Crippen molar-refractivity contribution in [2.24, 2.45) is 11.8 Å². The molecule has 0 amide bonds. The second-order valence-electron chi connectivity index (χ2n) is 9.98. The summed E-state index contributed by atoms with van der Waals surface area (Å²) in [5.74, 6) is -14.6. The van der Waals surface area contributed by atoms with Gasteiger partial charge in [-0.3, -0.25) is 19.2 Å². The summed E-state index contributed by atoms with van der Waals surface area (Å²) in [5.41, 5.74) is -2.68. The van der Waals surface area contributed by atoms with Gasteiger partial charge in [-0.15, -0.1) is 0 Å². The van der Waals surface area contributed by atoms with Gasteiger partial charge in [0.15, 0.2) is 5.60 Å². The first-order valence-electron chi connectivity index (χ1n) is 13.7. The monoisotopic (exact) mass is 584 g/mol. The minimum absolute atomic E-state index is 0.336. The van der Waals surface area contributed by atoms with E-state index in [0.717, 1.165) is 12.8 Å². The first-order chi connectivity index (χ1) is 19.3. The lowest BCUT2D eigenvalue weighted by molar-refractivity contribution is -0.195. The number of carbonyl (C=O) groups is 6. The Hall–Kier alpha value is -3.74. The van der Waals surface area contributed by atoms with Crippen LogP contribution in [0.15, 0.2) is 24.3 Å². The van der Waals surface area contributed by atoms with Crippen LogP contribution in [0.25, 0.3) is 0 Å². The van der Waals surface area contributed by atoms with Gasteiger partial charge in [0.1, 0.15) is 5.92 Å². The number of carboxylic acid groups (broad SMARTS) is 5. The fourth-order valence-corrected chi connectivity index (χ4v) is 4.64. The molecule has 1 saturated heterocycles. The van der Waals surface area contributed by atoms with Gasteiger partial charge in [-0.1, -0.05) is 63.3 Å². The molecule has 0 bridgehead atoms. The van der Waals surface area contributed by atoms with Crippen LogP contribution in [0.1, 0.15) is 84.0 Å². The molecule has 13 nitrogen and oxygen atoms in total. The van der Waals surface area contributed by atoms with E-state index >= 15 is 0 Å². The van der Waals surface area contributed by atoms with Crippen molar-refractivity contribution in [2.75, 3.05) is 0 Å². The zero-order valence-electron chi connectivity index (χ0n) is 23.1. The highest BCUT2D eigenvalue weighted by Gasteiger charge is 2.60. The van der Waals surface area contributed by atoms with Gasteiger partial charge in [-0.25, -0.2) is 9.59 Å². The van der Waals surface area contributed by atoms with E-state index in [1.807, 2.05) is 6.08 Å². The van der Waals surface area contributed by atoms with Crippen molar-refractivity contribution in [2.45, 2.75) is 102 Å². The summed E-state index contributed by atoms with van der Waals surface area (Å²) in [5, 5.41) is 46.9. The van der Waals surface area contributed by atoms with Gasteiger partial charge in [0.05, 0.1) is 24.9 Å². The zero-order valence-corrected chi connectivity index (χ0v) is 23.1. The molecule has 13 heteroatoms. The Balaban J connectivity index is 2.96. The quantitative estimate of drug-likeness (QED) is 0.0741. The lowest BCUT2D eigenvalue weighted by Gasteiger charge is -2.31. The molecule has 1 fully saturated rings. The van der Waals surface area contributed by atoms with Crippen LogP contribution in [0, 0.1) is 11.8 Å². The second kappa shape index (κ2) is 17.8. The Bertz CT molecular complexity index is 985. The van der Waals surface area contributed by atoms with Crippen LogP contribution in [0.2, 0.25) is 0 Å². The molecule has 5 N–H and O–H groups in total. The molecule has 0 radical (unpaired) electrons. The third-order valence-electron chi connectivity index (χ3n) is 6.75. The maximum absolute atomic E-state index is 13.2. The molecular weight excluding hydrogens is 544 g/mol. The number of unbranched alkanes of at least 4 members (excludes halogenated alkanes) is 7. The second-order valence-corrected chi connectivity index (χ2v) is 9.98. The highest BCUT2D eigenvalue weighted by atomic mass is 16.6. The summed E-state index contributed by atoms with van der Waals surface area (Å²) >= 11 is 0. The first-order valence-corrected chi connectivity index (χ1v) is 13.7. The van der Waals surface area contributed by atoms with Gasteiger partial charge in [0.25, 0.3) is 0 Å². The Kier molecular flexibility index (Phi) is 15.4. The minimum Gasteiger partial charge on any atom is -0.481 e. The van der Waals surface area contributed by atoms with Crippen LogP contribution in [0.5, 0.6) is 0 Å². The van der Waals surface area contributed by atoms with Crippen LogP contribution in [-0.4, -0.2) is 79.2 Å². The number of ether oxygens (including phenoxy) is 2. The number of allylic oxidation sites excluding steroid dienone is 3. The van der Waals surface area contributed by atoms with Gasteiger partial charge in [-0.05, 0) is 32.1 Å². The largest absolute Gasteiger partial charge is 0.481 e. The Morgan fingerprint density at radius 2 is 1.44 bits per heavy atom. The zero-order chi connectivity index (χ0) is 31.0. The predicted molar refractivity (Wildman–Crippen MR) is 142 cm³/mol. The molecular formula is C28H40O13. The summed E-state index contributed by atoms with van der Waals surface area (Å²) in [7, 11) is 0. The highest BCUT2D eigenvalue weighted by molar-refractivity contribution is 5.94. The third-order valence-corrected chi connectivity index (χ3v) is 6.75. The van der Waals surface area contributed by atoms with Crippen LogP contribution in [-0.2, 0) is 38.2 Å². The summed E-state index contributed by atoms with van der Waals surface area (Å²) in [4.78, 5) is 71.1. The van der Waals surface area contributed by atoms with Gasteiger partial charge in [0.2, 0.25) is 6.10 Å². The first kappa shape index (κ1) is 35.3. The van der Waals surface area contributed by atoms with E-state index in [1.165, 1.54) is 38.2 Å². The van der Waals surface area contributed by atoms with Crippen LogP contribution < -0.4 is 0 Å². The molecule has 1 aliphatic rings. The Morgan fingerprint density at radius 1 is 0.829 bits per heavy atom. The Morgan fingerprint density at radius 3 is 2.00 bits per heavy atom. The van der Waals surface area contributed by atoms with Crippen molar-refractivity contribution in [1.29, 1.82) is 0 Å². The number of aliphatic carboxylic acids is 5. The molecule has 41 heavy (non-hydrogen) atoms. The van der Waals surface area contributed by atoms with E-state index in [2.05, 4.69) is 13.0 Å². The lowest BCUT2D eigenvalue weighted by atomic mass is 9.83. The van der Waals surface area contributed by atoms with E-state index in [9.17, 15) is 49.2 Å². The molecule has 1 rings (SSSR count). The molecule has 0 saturated carbocycles. The SMILES string of the molecule is CCCCCCCCC=CCCC=CC1CC(C(=O)O)C(CC(=O)O)(C(=O)OC(C(=O)O)C(CC(=O)O)C(=O)O)O1. The molecule has 5 unspecified atom stereocenters. The number of carboxylic acids is 5.